The van der Waals surface area contributed by atoms with Crippen molar-refractivity contribution < 1.29 is 9.47 Å². The number of hydrogen-bond acceptors (Lipinski definition) is 2. The van der Waals surface area contributed by atoms with Crippen molar-refractivity contribution in [1.29, 1.82) is 0 Å². The molecule has 0 N–H and O–H groups in total. The third kappa shape index (κ3) is 3.23. The Labute approximate surface area is 83.2 Å². The lowest BCUT2D eigenvalue weighted by molar-refractivity contribution is -0.133. The maximum absolute atomic E-state index is 5.50. The number of ether oxygens (including phenoxy) is 2. The summed E-state index contributed by atoms with van der Waals surface area (Å²) >= 11 is 6.53. The first kappa shape index (κ1) is 9.71. The second-order valence-electron chi connectivity index (χ2n) is 2.82. The fraction of sp³-hybridized carbons (Fsp3) is 0.714. The Hall–Kier alpha value is 0.620. The summed E-state index contributed by atoms with van der Waals surface area (Å²) in [5, 5.41) is 0. The van der Waals surface area contributed by atoms with Crippen LogP contribution in [-0.4, -0.2) is 18.5 Å². The SMILES string of the molecule is CC1(C)OCC(C=C(Br)Br)O1. The topological polar surface area (TPSA) is 18.5 Å². The van der Waals surface area contributed by atoms with Crippen molar-refractivity contribution in [3.05, 3.63) is 9.47 Å². The molecule has 2 nitrogen and oxygen atoms in total. The highest BCUT2D eigenvalue weighted by atomic mass is 79.9. The summed E-state index contributed by atoms with van der Waals surface area (Å²) in [4.78, 5) is 0. The summed E-state index contributed by atoms with van der Waals surface area (Å²) in [7, 11) is 0. The average molecular weight is 286 g/mol. The van der Waals surface area contributed by atoms with Crippen LogP contribution < -0.4 is 0 Å². The molecule has 1 unspecified atom stereocenters. The van der Waals surface area contributed by atoms with Crippen molar-refractivity contribution in [1.82, 2.24) is 0 Å². The fourth-order valence-electron chi connectivity index (χ4n) is 0.938. The van der Waals surface area contributed by atoms with E-state index in [0.29, 0.717) is 6.61 Å². The van der Waals surface area contributed by atoms with Crippen molar-refractivity contribution in [2.45, 2.75) is 25.7 Å². The molecule has 1 aliphatic heterocycles. The second-order valence-corrected chi connectivity index (χ2v) is 5.60. The molecule has 1 heterocycles. The number of rotatable bonds is 1. The van der Waals surface area contributed by atoms with Gasteiger partial charge in [0, 0.05) is 0 Å². The Morgan fingerprint density at radius 3 is 2.55 bits per heavy atom. The van der Waals surface area contributed by atoms with E-state index >= 15 is 0 Å². The zero-order valence-corrected chi connectivity index (χ0v) is 9.61. The molecule has 0 amide bonds. The summed E-state index contributed by atoms with van der Waals surface area (Å²) in [6, 6.07) is 0. The highest BCUT2D eigenvalue weighted by Crippen LogP contribution is 2.25. The predicted molar refractivity (Wildman–Crippen MR) is 50.8 cm³/mol. The van der Waals surface area contributed by atoms with E-state index in [9.17, 15) is 0 Å². The molecule has 1 fully saturated rings. The van der Waals surface area contributed by atoms with E-state index in [0.717, 1.165) is 3.39 Å². The van der Waals surface area contributed by atoms with Gasteiger partial charge in [-0.15, -0.1) is 0 Å². The molecule has 0 aliphatic carbocycles. The van der Waals surface area contributed by atoms with Crippen LogP contribution in [-0.2, 0) is 9.47 Å². The first-order valence-corrected chi connectivity index (χ1v) is 4.93. The van der Waals surface area contributed by atoms with Gasteiger partial charge >= 0.3 is 0 Å². The molecule has 4 heteroatoms. The van der Waals surface area contributed by atoms with Gasteiger partial charge in [0.05, 0.1) is 10.00 Å². The van der Waals surface area contributed by atoms with E-state index in [1.165, 1.54) is 0 Å². The molecular weight excluding hydrogens is 276 g/mol. The van der Waals surface area contributed by atoms with Gasteiger partial charge in [0.1, 0.15) is 6.10 Å². The van der Waals surface area contributed by atoms with Crippen LogP contribution in [0.25, 0.3) is 0 Å². The minimum atomic E-state index is -0.434. The molecule has 1 rings (SSSR count). The monoisotopic (exact) mass is 284 g/mol. The maximum atomic E-state index is 5.50. The molecule has 0 aromatic heterocycles. The molecule has 0 saturated carbocycles. The van der Waals surface area contributed by atoms with Gasteiger partial charge in [0.25, 0.3) is 0 Å². The first-order valence-electron chi connectivity index (χ1n) is 3.34. The number of halogens is 2. The normalized spacial score (nSPS) is 28.5. The molecule has 1 saturated heterocycles. The van der Waals surface area contributed by atoms with Gasteiger partial charge in [-0.25, -0.2) is 0 Å². The van der Waals surface area contributed by atoms with Gasteiger partial charge in [0.2, 0.25) is 0 Å². The minimum absolute atomic E-state index is 0.0544. The van der Waals surface area contributed by atoms with E-state index in [-0.39, 0.29) is 6.10 Å². The first-order chi connectivity index (χ1) is 4.99. The standard InChI is InChI=1S/C7H10Br2O2/c1-7(2)10-4-5(11-7)3-6(8)9/h3,5H,4H2,1-2H3. The minimum Gasteiger partial charge on any atom is -0.347 e. The third-order valence-electron chi connectivity index (χ3n) is 1.34. The van der Waals surface area contributed by atoms with Crippen molar-refractivity contribution >= 4 is 31.9 Å². The van der Waals surface area contributed by atoms with E-state index in [2.05, 4.69) is 31.9 Å². The fourth-order valence-corrected chi connectivity index (χ4v) is 1.53. The van der Waals surface area contributed by atoms with E-state index in [1.807, 2.05) is 19.9 Å². The van der Waals surface area contributed by atoms with Gasteiger partial charge in [-0.2, -0.15) is 0 Å². The van der Waals surface area contributed by atoms with Crippen LogP contribution in [0.15, 0.2) is 9.47 Å². The molecule has 64 valence electrons. The van der Waals surface area contributed by atoms with Gasteiger partial charge < -0.3 is 9.47 Å². The van der Waals surface area contributed by atoms with Gasteiger partial charge in [-0.3, -0.25) is 0 Å². The lowest BCUT2D eigenvalue weighted by Gasteiger charge is -2.15. The molecule has 0 spiro atoms. The molecule has 0 aromatic carbocycles. The Bertz CT molecular complexity index is 173. The van der Waals surface area contributed by atoms with Crippen LogP contribution in [0.1, 0.15) is 13.8 Å². The van der Waals surface area contributed by atoms with Crippen LogP contribution in [0.4, 0.5) is 0 Å². The van der Waals surface area contributed by atoms with Crippen LogP contribution in [0.2, 0.25) is 0 Å². The molecular formula is C7H10Br2O2. The Morgan fingerprint density at radius 1 is 1.55 bits per heavy atom. The highest BCUT2D eigenvalue weighted by Gasteiger charge is 2.31. The molecule has 1 aliphatic rings. The maximum Gasteiger partial charge on any atom is 0.163 e. The van der Waals surface area contributed by atoms with Crippen molar-refractivity contribution in [3.63, 3.8) is 0 Å². The van der Waals surface area contributed by atoms with E-state index < -0.39 is 5.79 Å². The molecule has 0 aromatic rings. The van der Waals surface area contributed by atoms with Gasteiger partial charge in [-0.05, 0) is 51.8 Å². The summed E-state index contributed by atoms with van der Waals surface area (Å²) < 4.78 is 11.7. The van der Waals surface area contributed by atoms with Gasteiger partial charge in [0.15, 0.2) is 5.79 Å². The zero-order chi connectivity index (χ0) is 8.48. The quantitative estimate of drug-likeness (QED) is 0.738. The summed E-state index contributed by atoms with van der Waals surface area (Å²) in [5.41, 5.74) is 0. The Morgan fingerprint density at radius 2 is 2.18 bits per heavy atom. The van der Waals surface area contributed by atoms with Gasteiger partial charge in [-0.1, -0.05) is 0 Å². The highest BCUT2D eigenvalue weighted by molar-refractivity contribution is 9.28. The molecule has 0 bridgehead atoms. The Kier molecular flexibility index (Phi) is 3.14. The Balaban J connectivity index is 2.49. The lowest BCUT2D eigenvalue weighted by atomic mass is 10.4. The molecule has 1 atom stereocenters. The predicted octanol–water partition coefficient (Wildman–Crippen LogP) is 2.77. The van der Waals surface area contributed by atoms with Crippen LogP contribution in [0.5, 0.6) is 0 Å². The average Bonchev–Trinajstić information content (AvgIpc) is 2.08. The molecule has 11 heavy (non-hydrogen) atoms. The van der Waals surface area contributed by atoms with Crippen molar-refractivity contribution in [2.75, 3.05) is 6.61 Å². The summed E-state index contributed by atoms with van der Waals surface area (Å²) in [5.74, 6) is -0.434. The largest absolute Gasteiger partial charge is 0.347 e. The summed E-state index contributed by atoms with van der Waals surface area (Å²) in [6.07, 6.45) is 1.98. The second kappa shape index (κ2) is 3.56. The van der Waals surface area contributed by atoms with E-state index in [1.54, 1.807) is 0 Å². The van der Waals surface area contributed by atoms with Crippen LogP contribution in [0, 0.1) is 0 Å². The van der Waals surface area contributed by atoms with E-state index in [4.69, 9.17) is 9.47 Å². The van der Waals surface area contributed by atoms with Crippen LogP contribution >= 0.6 is 31.9 Å². The van der Waals surface area contributed by atoms with Crippen molar-refractivity contribution in [2.24, 2.45) is 0 Å². The third-order valence-corrected chi connectivity index (χ3v) is 1.87. The lowest BCUT2D eigenvalue weighted by Crippen LogP contribution is -2.20. The van der Waals surface area contributed by atoms with Crippen LogP contribution in [0.3, 0.4) is 0 Å². The number of hydrogen-bond donors (Lipinski definition) is 0. The summed E-state index contributed by atoms with van der Waals surface area (Å²) in [6.45, 7) is 4.43. The zero-order valence-electron chi connectivity index (χ0n) is 6.43. The molecule has 0 radical (unpaired) electrons. The smallest absolute Gasteiger partial charge is 0.163 e. The van der Waals surface area contributed by atoms with Crippen molar-refractivity contribution in [3.8, 4) is 0 Å².